The zero-order valence-electron chi connectivity index (χ0n) is 10.8. The number of hydrogen-bond acceptors (Lipinski definition) is 3. The van der Waals surface area contributed by atoms with Crippen molar-refractivity contribution in [2.24, 2.45) is 0 Å². The summed E-state index contributed by atoms with van der Waals surface area (Å²) < 4.78 is 0. The molecule has 6 nitrogen and oxygen atoms in total. The molecule has 0 saturated carbocycles. The van der Waals surface area contributed by atoms with E-state index in [0.717, 1.165) is 0 Å². The van der Waals surface area contributed by atoms with Gasteiger partial charge >= 0.3 is 0 Å². The van der Waals surface area contributed by atoms with Gasteiger partial charge < -0.3 is 25.5 Å². The Morgan fingerprint density at radius 1 is 0.900 bits per heavy atom. The summed E-state index contributed by atoms with van der Waals surface area (Å²) in [4.78, 5) is 31.7. The number of amides is 3. The molecule has 0 aromatic heterocycles. The van der Waals surface area contributed by atoms with Crippen LogP contribution in [0.15, 0.2) is 18.2 Å². The predicted octanol–water partition coefficient (Wildman–Crippen LogP) is -0.00560. The molecule has 3 N–H and O–H groups in total. The number of carbonyl (C=O) groups is 1. The average Bonchev–Trinajstić information content (AvgIpc) is 2.28. The second-order valence-electron chi connectivity index (χ2n) is 2.83. The van der Waals surface area contributed by atoms with Crippen LogP contribution in [-0.4, -0.2) is 25.8 Å². The molecule has 4 radical (unpaired) electrons. The van der Waals surface area contributed by atoms with Crippen LogP contribution in [0.4, 0.5) is 11.4 Å². The molecule has 0 fully saturated rings. The molecular weight excluding hydrogens is 566 g/mol. The van der Waals surface area contributed by atoms with E-state index in [2.05, 4.69) is 16.0 Å². The van der Waals surface area contributed by atoms with Gasteiger partial charge in [-0.2, -0.15) is 6.07 Å². The molecule has 1 aromatic carbocycles. The quantitative estimate of drug-likeness (QED) is 0.342. The van der Waals surface area contributed by atoms with E-state index in [4.69, 9.17) is 0 Å². The molecule has 0 bridgehead atoms. The van der Waals surface area contributed by atoms with Gasteiger partial charge in [0.15, 0.2) is 0 Å². The minimum absolute atomic E-state index is 0. The SMILES string of the molecule is CNC(=O)c1cc(N[C-]=O)cc(N[C-]=O)c1.[Y].[Y].[Y].[Y]. The standard InChI is InChI=1S/C10H9N3O3.4Y/c1-11-10(16)7-2-8(12-5-14)4-9(3-7)13-6-15;;;;/h2-4H,1H3,(H,11,16)(H,12,14)(H,13,15);;;;/q-2;;;;. The Kier molecular flexibility index (Phi) is 26.1. The van der Waals surface area contributed by atoms with Gasteiger partial charge in [-0.05, 0) is 0 Å². The Bertz CT molecular complexity index is 404. The third-order valence-corrected chi connectivity index (χ3v) is 1.81. The maximum Gasteiger partial charge on any atom is 0.248 e. The van der Waals surface area contributed by atoms with Gasteiger partial charge in [0.1, 0.15) is 0 Å². The third-order valence-electron chi connectivity index (χ3n) is 1.81. The Balaban J connectivity index is -0.000000320. The van der Waals surface area contributed by atoms with E-state index in [1.807, 2.05) is 0 Å². The van der Waals surface area contributed by atoms with Crippen LogP contribution in [-0.2, 0) is 140 Å². The molecule has 96 valence electrons. The zero-order valence-corrected chi connectivity index (χ0v) is 22.1. The van der Waals surface area contributed by atoms with E-state index in [1.54, 1.807) is 0 Å². The summed E-state index contributed by atoms with van der Waals surface area (Å²) in [6.07, 6.45) is 2.96. The van der Waals surface area contributed by atoms with Gasteiger partial charge in [0.25, 0.3) is 0 Å². The minimum Gasteiger partial charge on any atom is -0.491 e. The molecule has 20 heavy (non-hydrogen) atoms. The van der Waals surface area contributed by atoms with Crippen molar-refractivity contribution in [2.75, 3.05) is 17.7 Å². The summed E-state index contributed by atoms with van der Waals surface area (Å²) in [6, 6.07) is 4.39. The molecule has 0 aliphatic carbocycles. The smallest absolute Gasteiger partial charge is 0.248 e. The molecule has 3 amide bonds. The van der Waals surface area contributed by atoms with Crippen molar-refractivity contribution in [3.8, 4) is 0 Å². The fraction of sp³-hybridized carbons (Fsp3) is 0.100. The fourth-order valence-corrected chi connectivity index (χ4v) is 1.17. The van der Waals surface area contributed by atoms with Crippen LogP contribution in [0.1, 0.15) is 10.4 Å². The van der Waals surface area contributed by atoms with Gasteiger partial charge in [-0.25, -0.2) is 0 Å². The third kappa shape index (κ3) is 10.7. The summed E-state index contributed by atoms with van der Waals surface area (Å²) in [6.45, 7) is 0. The van der Waals surface area contributed by atoms with Gasteiger partial charge in [-0.15, -0.1) is 23.5 Å². The van der Waals surface area contributed by atoms with Crippen LogP contribution in [0, 0.1) is 0 Å². The van der Waals surface area contributed by atoms with E-state index in [9.17, 15) is 14.4 Å². The molecule has 10 heteroatoms. The van der Waals surface area contributed by atoms with E-state index in [1.165, 1.54) is 38.1 Å². The first-order valence-electron chi connectivity index (χ1n) is 4.34. The van der Waals surface area contributed by atoms with E-state index >= 15 is 0 Å². The van der Waals surface area contributed by atoms with Gasteiger partial charge in [0.05, 0.1) is 12.8 Å². The van der Waals surface area contributed by atoms with Gasteiger partial charge in [-0.3, -0.25) is 4.79 Å². The van der Waals surface area contributed by atoms with Crippen molar-refractivity contribution in [1.29, 1.82) is 0 Å². The Labute approximate surface area is 218 Å². The van der Waals surface area contributed by atoms with Crippen molar-refractivity contribution in [2.45, 2.75) is 0 Å². The van der Waals surface area contributed by atoms with Gasteiger partial charge in [-0.1, -0.05) is 0 Å². The molecular formula is C10H9N3O3Y4-2. The molecule has 0 atom stereocenters. The summed E-state index contributed by atoms with van der Waals surface area (Å²) in [5.74, 6) is -0.330. The predicted molar refractivity (Wildman–Crippen MR) is 58.5 cm³/mol. The summed E-state index contributed by atoms with van der Waals surface area (Å²) >= 11 is 0. The van der Waals surface area contributed by atoms with Gasteiger partial charge in [0.2, 0.25) is 5.91 Å². The molecule has 0 aliphatic heterocycles. The zero-order chi connectivity index (χ0) is 12.0. The molecule has 1 rings (SSSR count). The number of rotatable bonds is 5. The monoisotopic (exact) mass is 575 g/mol. The average molecular weight is 575 g/mol. The van der Waals surface area contributed by atoms with Crippen molar-refractivity contribution in [3.05, 3.63) is 23.8 Å². The fourth-order valence-electron chi connectivity index (χ4n) is 1.17. The van der Waals surface area contributed by atoms with E-state index in [-0.39, 0.29) is 137 Å². The molecule has 0 spiro atoms. The largest absolute Gasteiger partial charge is 0.491 e. The van der Waals surface area contributed by atoms with Crippen LogP contribution in [0.2, 0.25) is 0 Å². The first-order valence-corrected chi connectivity index (χ1v) is 4.34. The molecule has 0 aliphatic rings. The number of anilines is 2. The Morgan fingerprint density at radius 2 is 1.30 bits per heavy atom. The molecule has 0 heterocycles. The van der Waals surface area contributed by atoms with E-state index in [0.29, 0.717) is 16.9 Å². The number of nitrogens with one attached hydrogen (secondary N) is 3. The van der Waals surface area contributed by atoms with Crippen molar-refractivity contribution in [1.82, 2.24) is 5.32 Å². The van der Waals surface area contributed by atoms with Crippen LogP contribution >= 0.6 is 0 Å². The number of carbonyl (C=O) groups excluding carboxylic acids is 3. The topological polar surface area (TPSA) is 87.3 Å². The van der Waals surface area contributed by atoms with Crippen LogP contribution in [0.25, 0.3) is 0 Å². The maximum absolute atomic E-state index is 11.4. The van der Waals surface area contributed by atoms with Crippen LogP contribution in [0.3, 0.4) is 0 Å². The van der Waals surface area contributed by atoms with Crippen molar-refractivity contribution < 1.29 is 145 Å². The summed E-state index contributed by atoms with van der Waals surface area (Å²) in [7, 11) is 1.48. The van der Waals surface area contributed by atoms with E-state index < -0.39 is 0 Å². The number of benzene rings is 1. The second-order valence-corrected chi connectivity index (χ2v) is 2.83. The summed E-state index contributed by atoms with van der Waals surface area (Å²) in [5.41, 5.74) is 1.02. The number of hydrogen-bond donors (Lipinski definition) is 3. The first-order chi connectivity index (χ1) is 7.71. The second kappa shape index (κ2) is 17.4. The van der Waals surface area contributed by atoms with Crippen molar-refractivity contribution >= 4 is 30.1 Å². The Hall–Kier alpha value is 2.05. The molecule has 1 aromatic rings. The van der Waals surface area contributed by atoms with Crippen LogP contribution < -0.4 is 16.0 Å². The first kappa shape index (κ1) is 30.0. The van der Waals surface area contributed by atoms with Crippen LogP contribution in [0.5, 0.6) is 0 Å². The molecule has 0 unspecified atom stereocenters. The maximum atomic E-state index is 11.4. The van der Waals surface area contributed by atoms with Gasteiger partial charge in [0, 0.05) is 143 Å². The summed E-state index contributed by atoms with van der Waals surface area (Å²) in [5, 5.41) is 6.97. The Morgan fingerprint density at radius 3 is 1.60 bits per heavy atom. The normalized spacial score (nSPS) is 7.25. The minimum atomic E-state index is -0.330. The van der Waals surface area contributed by atoms with Crippen molar-refractivity contribution in [3.63, 3.8) is 0 Å². The molecule has 0 saturated heterocycles.